The largest absolute Gasteiger partial charge is 0.508 e. The summed E-state index contributed by atoms with van der Waals surface area (Å²) in [5, 5.41) is 17.3. The van der Waals surface area contributed by atoms with E-state index in [1.165, 1.54) is 25.7 Å². The second-order valence-electron chi connectivity index (χ2n) is 3.75. The van der Waals surface area contributed by atoms with E-state index in [2.05, 4.69) is 11.7 Å². The van der Waals surface area contributed by atoms with Gasteiger partial charge in [-0.3, -0.25) is 0 Å². The molecule has 0 aliphatic rings. The Kier molecular flexibility index (Phi) is 9.27. The number of carboxylic acid groups (broad SMARTS) is 1. The molecule has 0 aromatic carbocycles. The van der Waals surface area contributed by atoms with Crippen LogP contribution in [0.4, 0.5) is 4.79 Å². The smallest absolute Gasteiger partial charge is 0.450 e. The van der Waals surface area contributed by atoms with Gasteiger partial charge in [0.1, 0.15) is 0 Å². The van der Waals surface area contributed by atoms with Crippen LogP contribution in [0.15, 0.2) is 0 Å². The predicted octanol–water partition coefficient (Wildman–Crippen LogP) is 3.14. The van der Waals surface area contributed by atoms with Gasteiger partial charge in [0.05, 0.1) is 0 Å². The second-order valence-corrected chi connectivity index (χ2v) is 3.75. The molecule has 90 valence electrons. The molecule has 0 amide bonds. The lowest BCUT2D eigenvalue weighted by Gasteiger charge is -2.08. The maximum Gasteiger partial charge on any atom is 0.508 e. The quantitative estimate of drug-likeness (QED) is 0.354. The molecule has 0 bridgehead atoms. The van der Waals surface area contributed by atoms with Crippen LogP contribution in [0.1, 0.15) is 58.3 Å². The Bertz CT molecular complexity index is 159. The van der Waals surface area contributed by atoms with E-state index < -0.39 is 12.4 Å². The van der Waals surface area contributed by atoms with Crippen LogP contribution in [0.2, 0.25) is 0 Å². The number of hydrogen-bond donors (Lipinski definition) is 2. The normalized spacial score (nSPS) is 12.4. The van der Waals surface area contributed by atoms with Crippen molar-refractivity contribution in [3.63, 3.8) is 0 Å². The monoisotopic (exact) mass is 218 g/mol. The van der Waals surface area contributed by atoms with Gasteiger partial charge in [-0.2, -0.15) is 0 Å². The molecule has 15 heavy (non-hydrogen) atoms. The number of unbranched alkanes of at least 4 members (excludes halogenated alkanes) is 6. The average molecular weight is 218 g/mol. The van der Waals surface area contributed by atoms with Gasteiger partial charge >= 0.3 is 6.16 Å². The van der Waals surface area contributed by atoms with Crippen molar-refractivity contribution in [3.05, 3.63) is 0 Å². The first-order valence-electron chi connectivity index (χ1n) is 5.74. The summed E-state index contributed by atoms with van der Waals surface area (Å²) in [4.78, 5) is 10.0. The molecule has 0 radical (unpaired) electrons. The van der Waals surface area contributed by atoms with Crippen LogP contribution >= 0.6 is 0 Å². The molecule has 4 nitrogen and oxygen atoms in total. The molecule has 2 N–H and O–H groups in total. The molecule has 4 heteroatoms. The third kappa shape index (κ3) is 11.2. The highest BCUT2D eigenvalue weighted by Crippen LogP contribution is 2.10. The summed E-state index contributed by atoms with van der Waals surface area (Å²) in [6, 6.07) is 0. The van der Waals surface area contributed by atoms with Crippen molar-refractivity contribution in [1.82, 2.24) is 0 Å². The van der Waals surface area contributed by atoms with Crippen LogP contribution in [-0.2, 0) is 4.74 Å². The number of aliphatic hydroxyl groups excluding tert-OH is 1. The Labute approximate surface area is 91.3 Å². The zero-order chi connectivity index (χ0) is 11.5. The molecule has 0 heterocycles. The van der Waals surface area contributed by atoms with Gasteiger partial charge in [0.2, 0.25) is 6.29 Å². The minimum atomic E-state index is -1.41. The first-order chi connectivity index (χ1) is 7.16. The standard InChI is InChI=1S/C11H22O4/c1-2-3-4-5-6-7-8-9-10(12)15-11(13)14/h10,12H,2-9H2,1H3,(H,13,14). The number of aliphatic hydroxyl groups is 1. The van der Waals surface area contributed by atoms with Gasteiger partial charge in [-0.1, -0.05) is 45.4 Å². The molecule has 0 fully saturated rings. The molecular weight excluding hydrogens is 196 g/mol. The molecule has 0 aromatic rings. The molecule has 0 aliphatic carbocycles. The third-order valence-electron chi connectivity index (χ3n) is 2.29. The molecular formula is C11H22O4. The first kappa shape index (κ1) is 14.2. The highest BCUT2D eigenvalue weighted by molar-refractivity contribution is 5.56. The fraction of sp³-hybridized carbons (Fsp3) is 0.909. The van der Waals surface area contributed by atoms with Crippen LogP contribution in [0.25, 0.3) is 0 Å². The first-order valence-corrected chi connectivity index (χ1v) is 5.74. The van der Waals surface area contributed by atoms with E-state index >= 15 is 0 Å². The van der Waals surface area contributed by atoms with Crippen molar-refractivity contribution in [1.29, 1.82) is 0 Å². The molecule has 0 saturated carbocycles. The number of hydrogen-bond acceptors (Lipinski definition) is 3. The van der Waals surface area contributed by atoms with E-state index in [0.717, 1.165) is 19.3 Å². The van der Waals surface area contributed by atoms with Crippen molar-refractivity contribution in [2.75, 3.05) is 0 Å². The summed E-state index contributed by atoms with van der Waals surface area (Å²) in [6.07, 6.45) is 5.86. The summed E-state index contributed by atoms with van der Waals surface area (Å²) < 4.78 is 4.17. The molecule has 0 aliphatic heterocycles. The number of carbonyl (C=O) groups is 1. The Morgan fingerprint density at radius 1 is 1.13 bits per heavy atom. The van der Waals surface area contributed by atoms with E-state index in [9.17, 15) is 4.79 Å². The highest BCUT2D eigenvalue weighted by Gasteiger charge is 2.07. The second kappa shape index (κ2) is 9.77. The van der Waals surface area contributed by atoms with Crippen LogP contribution < -0.4 is 0 Å². The maximum atomic E-state index is 10.0. The molecule has 1 unspecified atom stereocenters. The Balaban J connectivity index is 3.13. The van der Waals surface area contributed by atoms with Gasteiger partial charge in [-0.15, -0.1) is 0 Å². The number of ether oxygens (including phenoxy) is 1. The fourth-order valence-corrected chi connectivity index (χ4v) is 1.45. The lowest BCUT2D eigenvalue weighted by atomic mass is 10.1. The summed E-state index contributed by atoms with van der Waals surface area (Å²) >= 11 is 0. The third-order valence-corrected chi connectivity index (χ3v) is 2.29. The van der Waals surface area contributed by atoms with E-state index in [4.69, 9.17) is 10.2 Å². The lowest BCUT2D eigenvalue weighted by Crippen LogP contribution is -2.15. The van der Waals surface area contributed by atoms with Crippen LogP contribution in [0, 0.1) is 0 Å². The Morgan fingerprint density at radius 2 is 1.67 bits per heavy atom. The SMILES string of the molecule is CCCCCCCCCC(O)OC(=O)O. The molecule has 0 spiro atoms. The average Bonchev–Trinajstić information content (AvgIpc) is 2.15. The fourth-order valence-electron chi connectivity index (χ4n) is 1.45. The highest BCUT2D eigenvalue weighted by atomic mass is 16.7. The van der Waals surface area contributed by atoms with E-state index in [1.807, 2.05) is 0 Å². The van der Waals surface area contributed by atoms with Gasteiger partial charge in [-0.25, -0.2) is 4.79 Å². The number of rotatable bonds is 9. The zero-order valence-electron chi connectivity index (χ0n) is 9.45. The van der Waals surface area contributed by atoms with Crippen molar-refractivity contribution in [3.8, 4) is 0 Å². The predicted molar refractivity (Wildman–Crippen MR) is 57.7 cm³/mol. The zero-order valence-corrected chi connectivity index (χ0v) is 9.45. The van der Waals surface area contributed by atoms with Gasteiger partial charge < -0.3 is 14.9 Å². The van der Waals surface area contributed by atoms with Gasteiger partial charge in [0, 0.05) is 6.42 Å². The molecule has 1 atom stereocenters. The Morgan fingerprint density at radius 3 is 2.20 bits per heavy atom. The van der Waals surface area contributed by atoms with Gasteiger partial charge in [0.15, 0.2) is 0 Å². The van der Waals surface area contributed by atoms with Crippen molar-refractivity contribution in [2.24, 2.45) is 0 Å². The Hall–Kier alpha value is -0.770. The van der Waals surface area contributed by atoms with Crippen LogP contribution in [0.5, 0.6) is 0 Å². The van der Waals surface area contributed by atoms with Crippen molar-refractivity contribution in [2.45, 2.75) is 64.6 Å². The van der Waals surface area contributed by atoms with Gasteiger partial charge in [0.25, 0.3) is 0 Å². The van der Waals surface area contributed by atoms with Crippen molar-refractivity contribution < 1.29 is 19.7 Å². The minimum absolute atomic E-state index is 0.403. The maximum absolute atomic E-state index is 10.0. The minimum Gasteiger partial charge on any atom is -0.450 e. The molecule has 0 saturated heterocycles. The van der Waals surface area contributed by atoms with Crippen molar-refractivity contribution >= 4 is 6.16 Å². The summed E-state index contributed by atoms with van der Waals surface area (Å²) in [5.74, 6) is 0. The van der Waals surface area contributed by atoms with Crippen LogP contribution in [0.3, 0.4) is 0 Å². The van der Waals surface area contributed by atoms with E-state index in [0.29, 0.717) is 6.42 Å². The van der Waals surface area contributed by atoms with Gasteiger partial charge in [-0.05, 0) is 6.42 Å². The van der Waals surface area contributed by atoms with E-state index in [-0.39, 0.29) is 0 Å². The lowest BCUT2D eigenvalue weighted by molar-refractivity contribution is -0.0754. The van der Waals surface area contributed by atoms with E-state index in [1.54, 1.807) is 0 Å². The topological polar surface area (TPSA) is 66.8 Å². The molecule has 0 rings (SSSR count). The molecule has 0 aromatic heterocycles. The summed E-state index contributed by atoms with van der Waals surface area (Å²) in [5.41, 5.74) is 0. The van der Waals surface area contributed by atoms with Crippen LogP contribution in [-0.4, -0.2) is 22.7 Å². The summed E-state index contributed by atoms with van der Waals surface area (Å²) in [6.45, 7) is 2.18. The summed E-state index contributed by atoms with van der Waals surface area (Å²) in [7, 11) is 0.